The van der Waals surface area contributed by atoms with Crippen LogP contribution in [0.15, 0.2) is 24.3 Å². The zero-order valence-corrected chi connectivity index (χ0v) is 10.1. The maximum atomic E-state index is 13.5. The number of ketones is 1. The quantitative estimate of drug-likeness (QED) is 0.838. The summed E-state index contributed by atoms with van der Waals surface area (Å²) in [6.07, 6.45) is 1.02. The van der Waals surface area contributed by atoms with Gasteiger partial charge in [-0.25, -0.2) is 4.39 Å². The van der Waals surface area contributed by atoms with E-state index in [9.17, 15) is 9.18 Å². The first kappa shape index (κ1) is 11.9. The number of rotatable bonds is 4. The van der Waals surface area contributed by atoms with E-state index in [2.05, 4.69) is 10.2 Å². The number of nitrogens with zero attached hydrogens (tertiary/aromatic N) is 2. The number of aryl methyl sites for hydroxylation is 1. The van der Waals surface area contributed by atoms with Crippen LogP contribution in [0.25, 0.3) is 10.6 Å². The van der Waals surface area contributed by atoms with E-state index in [1.165, 1.54) is 17.4 Å². The standard InChI is InChI=1S/C12H11FN2OS/c1-8(16)6-7-11-14-15-12(17-11)9-4-2-3-5-10(9)13/h2-5H,6-7H2,1H3. The van der Waals surface area contributed by atoms with Crippen LogP contribution in [-0.4, -0.2) is 16.0 Å². The molecule has 1 heterocycles. The van der Waals surface area contributed by atoms with Crippen LogP contribution >= 0.6 is 11.3 Å². The molecular formula is C12H11FN2OS. The molecule has 0 amide bonds. The molecule has 0 spiro atoms. The van der Waals surface area contributed by atoms with Crippen LogP contribution in [0.4, 0.5) is 4.39 Å². The Bertz CT molecular complexity index is 539. The van der Waals surface area contributed by atoms with Crippen LogP contribution in [0.1, 0.15) is 18.4 Å². The minimum atomic E-state index is -0.304. The van der Waals surface area contributed by atoms with E-state index in [1.807, 2.05) is 0 Å². The van der Waals surface area contributed by atoms with Crippen molar-refractivity contribution in [2.24, 2.45) is 0 Å². The summed E-state index contributed by atoms with van der Waals surface area (Å²) in [5, 5.41) is 9.22. The summed E-state index contributed by atoms with van der Waals surface area (Å²) >= 11 is 1.33. The van der Waals surface area contributed by atoms with Crippen molar-refractivity contribution >= 4 is 17.1 Å². The number of carbonyl (C=O) groups excluding carboxylic acids is 1. The molecule has 0 aliphatic heterocycles. The van der Waals surface area contributed by atoms with Crippen molar-refractivity contribution < 1.29 is 9.18 Å². The fraction of sp³-hybridized carbons (Fsp3) is 0.250. The summed E-state index contributed by atoms with van der Waals surface area (Å²) in [6.45, 7) is 1.54. The van der Waals surface area contributed by atoms with Gasteiger partial charge < -0.3 is 4.79 Å². The molecule has 1 aromatic carbocycles. The van der Waals surface area contributed by atoms with Gasteiger partial charge in [0.2, 0.25) is 0 Å². The van der Waals surface area contributed by atoms with E-state index in [4.69, 9.17) is 0 Å². The van der Waals surface area contributed by atoms with Gasteiger partial charge in [-0.15, -0.1) is 10.2 Å². The molecule has 0 atom stereocenters. The Hall–Kier alpha value is -1.62. The summed E-state index contributed by atoms with van der Waals surface area (Å²) in [5.74, 6) is -0.186. The van der Waals surface area contributed by atoms with E-state index in [1.54, 1.807) is 25.1 Å². The lowest BCUT2D eigenvalue weighted by Gasteiger charge is -1.95. The van der Waals surface area contributed by atoms with Gasteiger partial charge in [-0.2, -0.15) is 0 Å². The lowest BCUT2D eigenvalue weighted by molar-refractivity contribution is -0.116. The number of aromatic nitrogens is 2. The second kappa shape index (κ2) is 5.14. The first-order chi connectivity index (χ1) is 8.16. The van der Waals surface area contributed by atoms with Crippen molar-refractivity contribution in [2.45, 2.75) is 19.8 Å². The molecule has 0 bridgehead atoms. The minimum Gasteiger partial charge on any atom is -0.300 e. The highest BCUT2D eigenvalue weighted by atomic mass is 32.1. The molecule has 1 aromatic heterocycles. The van der Waals surface area contributed by atoms with Gasteiger partial charge in [0.25, 0.3) is 0 Å². The Labute approximate surface area is 102 Å². The number of Topliss-reactive ketones (excluding diaryl/α,β-unsaturated/α-hetero) is 1. The maximum Gasteiger partial charge on any atom is 0.150 e. The molecule has 5 heteroatoms. The Kier molecular flexibility index (Phi) is 3.58. The third kappa shape index (κ3) is 2.94. The van der Waals surface area contributed by atoms with Crippen molar-refractivity contribution in [1.82, 2.24) is 10.2 Å². The van der Waals surface area contributed by atoms with E-state index in [-0.39, 0.29) is 11.6 Å². The largest absolute Gasteiger partial charge is 0.300 e. The second-order valence-electron chi connectivity index (χ2n) is 3.68. The van der Waals surface area contributed by atoms with Crippen LogP contribution in [0.5, 0.6) is 0 Å². The number of hydrogen-bond acceptors (Lipinski definition) is 4. The van der Waals surface area contributed by atoms with Gasteiger partial charge >= 0.3 is 0 Å². The van der Waals surface area contributed by atoms with Gasteiger partial charge in [0.05, 0.1) is 0 Å². The molecule has 2 rings (SSSR count). The molecule has 0 N–H and O–H groups in total. The number of benzene rings is 1. The molecule has 0 saturated carbocycles. The predicted molar refractivity (Wildman–Crippen MR) is 64.3 cm³/mol. The smallest absolute Gasteiger partial charge is 0.150 e. The topological polar surface area (TPSA) is 42.9 Å². The first-order valence-electron chi connectivity index (χ1n) is 5.23. The van der Waals surface area contributed by atoms with Crippen LogP contribution in [0, 0.1) is 5.82 Å². The molecule has 0 aliphatic carbocycles. The SMILES string of the molecule is CC(=O)CCc1nnc(-c2ccccc2F)s1. The summed E-state index contributed by atoms with van der Waals surface area (Å²) in [5.41, 5.74) is 0.457. The lowest BCUT2D eigenvalue weighted by Crippen LogP contribution is -1.93. The highest BCUT2D eigenvalue weighted by Crippen LogP contribution is 2.26. The second-order valence-corrected chi connectivity index (χ2v) is 4.74. The van der Waals surface area contributed by atoms with E-state index < -0.39 is 0 Å². The fourth-order valence-corrected chi connectivity index (χ4v) is 2.25. The fourth-order valence-electron chi connectivity index (χ4n) is 1.38. The molecule has 0 radical (unpaired) electrons. The summed E-state index contributed by atoms with van der Waals surface area (Å²) in [4.78, 5) is 10.8. The summed E-state index contributed by atoms with van der Waals surface area (Å²) in [7, 11) is 0. The molecule has 0 aliphatic rings. The van der Waals surface area contributed by atoms with Gasteiger partial charge in [-0.3, -0.25) is 0 Å². The monoisotopic (exact) mass is 250 g/mol. The van der Waals surface area contributed by atoms with Gasteiger partial charge in [-0.05, 0) is 19.1 Å². The molecule has 0 fully saturated rings. The van der Waals surface area contributed by atoms with Crippen molar-refractivity contribution in [3.05, 3.63) is 35.1 Å². The van der Waals surface area contributed by atoms with E-state index in [0.29, 0.717) is 23.4 Å². The molecule has 0 unspecified atom stereocenters. The molecule has 3 nitrogen and oxygen atoms in total. The van der Waals surface area contributed by atoms with Crippen LogP contribution in [0.3, 0.4) is 0 Å². The van der Waals surface area contributed by atoms with Gasteiger partial charge in [0.1, 0.15) is 16.6 Å². The molecule has 0 saturated heterocycles. The van der Waals surface area contributed by atoms with Gasteiger partial charge in [0, 0.05) is 18.4 Å². The van der Waals surface area contributed by atoms with E-state index in [0.717, 1.165) is 5.01 Å². The van der Waals surface area contributed by atoms with Gasteiger partial charge in [0.15, 0.2) is 5.01 Å². The Balaban J connectivity index is 2.18. The summed E-state index contributed by atoms with van der Waals surface area (Å²) < 4.78 is 13.5. The molecule has 2 aromatic rings. The Morgan fingerprint density at radius 3 is 2.82 bits per heavy atom. The summed E-state index contributed by atoms with van der Waals surface area (Å²) in [6, 6.07) is 6.46. The third-order valence-electron chi connectivity index (χ3n) is 2.26. The van der Waals surface area contributed by atoms with Crippen molar-refractivity contribution in [3.63, 3.8) is 0 Å². The third-order valence-corrected chi connectivity index (χ3v) is 3.28. The molecule has 88 valence electrons. The highest BCUT2D eigenvalue weighted by molar-refractivity contribution is 7.14. The van der Waals surface area contributed by atoms with Crippen molar-refractivity contribution in [2.75, 3.05) is 0 Å². The number of hydrogen-bond donors (Lipinski definition) is 0. The Morgan fingerprint density at radius 1 is 1.35 bits per heavy atom. The molecule has 17 heavy (non-hydrogen) atoms. The zero-order chi connectivity index (χ0) is 12.3. The lowest BCUT2D eigenvalue weighted by atomic mass is 10.2. The average Bonchev–Trinajstić information content (AvgIpc) is 2.75. The zero-order valence-electron chi connectivity index (χ0n) is 9.31. The maximum absolute atomic E-state index is 13.5. The number of halogens is 1. The van der Waals surface area contributed by atoms with Crippen LogP contribution < -0.4 is 0 Å². The van der Waals surface area contributed by atoms with Crippen LogP contribution in [0.2, 0.25) is 0 Å². The Morgan fingerprint density at radius 2 is 2.12 bits per heavy atom. The average molecular weight is 250 g/mol. The predicted octanol–water partition coefficient (Wildman–Crippen LogP) is 2.87. The minimum absolute atomic E-state index is 0.118. The van der Waals surface area contributed by atoms with E-state index >= 15 is 0 Å². The number of carbonyl (C=O) groups is 1. The highest BCUT2D eigenvalue weighted by Gasteiger charge is 2.10. The van der Waals surface area contributed by atoms with Crippen molar-refractivity contribution in [1.29, 1.82) is 0 Å². The first-order valence-corrected chi connectivity index (χ1v) is 6.05. The van der Waals surface area contributed by atoms with Gasteiger partial charge in [-0.1, -0.05) is 23.5 Å². The normalized spacial score (nSPS) is 10.5. The van der Waals surface area contributed by atoms with Crippen molar-refractivity contribution in [3.8, 4) is 10.6 Å². The molecular weight excluding hydrogens is 239 g/mol. The van der Waals surface area contributed by atoms with Crippen LogP contribution in [-0.2, 0) is 11.2 Å².